The van der Waals surface area contributed by atoms with E-state index in [-0.39, 0.29) is 105 Å². The van der Waals surface area contributed by atoms with Gasteiger partial charge in [0.15, 0.2) is 35.2 Å². The van der Waals surface area contributed by atoms with Crippen LogP contribution in [0.1, 0.15) is 245 Å². The Morgan fingerprint density at radius 3 is 1.07 bits per heavy atom. The maximum Gasteiger partial charge on any atom is 0.329 e. The second-order valence-electron chi connectivity index (χ2n) is 21.9. The lowest BCUT2D eigenvalue weighted by atomic mass is 10.0. The summed E-state index contributed by atoms with van der Waals surface area (Å²) in [6.07, 6.45) is 22.9. The quantitative estimate of drug-likeness (QED) is 0.0132. The van der Waals surface area contributed by atoms with E-state index in [2.05, 4.69) is 52.2 Å². The van der Waals surface area contributed by atoms with Gasteiger partial charge in [0.05, 0.1) is 6.61 Å². The van der Waals surface area contributed by atoms with Crippen molar-refractivity contribution in [1.82, 2.24) is 10.6 Å². The van der Waals surface area contributed by atoms with Crippen molar-refractivity contribution in [1.29, 1.82) is 0 Å². The van der Waals surface area contributed by atoms with Crippen LogP contribution in [0.15, 0.2) is 36.4 Å². The summed E-state index contributed by atoms with van der Waals surface area (Å²) in [7, 11) is 0. The Morgan fingerprint density at radius 1 is 0.391 bits per heavy atom. The van der Waals surface area contributed by atoms with Gasteiger partial charge in [-0.3, -0.25) is 28.8 Å². The van der Waals surface area contributed by atoms with Crippen LogP contribution in [-0.4, -0.2) is 129 Å². The van der Waals surface area contributed by atoms with E-state index in [0.717, 1.165) is 135 Å². The molecule has 2 aromatic carbocycles. The molecule has 0 aliphatic rings. The zero-order valence-corrected chi connectivity index (χ0v) is 53.2. The Hall–Kier alpha value is -6.64. The van der Waals surface area contributed by atoms with E-state index < -0.39 is 48.2 Å². The molecule has 21 heteroatoms. The normalized spacial score (nSPS) is 12.1. The Labute approximate surface area is 517 Å². The van der Waals surface area contributed by atoms with Gasteiger partial charge in [-0.2, -0.15) is 0 Å². The number of rotatable bonds is 47. The summed E-state index contributed by atoms with van der Waals surface area (Å²) in [5.74, 6) is -5.23. The highest BCUT2D eigenvalue weighted by molar-refractivity contribution is 5.85. The first-order valence-electron chi connectivity index (χ1n) is 32.1. The maximum atomic E-state index is 13.2. The monoisotopic (exact) mass is 1230 g/mol. The summed E-state index contributed by atoms with van der Waals surface area (Å²) < 4.78 is 26.5. The minimum absolute atomic E-state index is 0.00199. The van der Waals surface area contributed by atoms with Gasteiger partial charge in [0.25, 0.3) is 0 Å². The van der Waals surface area contributed by atoms with Crippen molar-refractivity contribution in [3.63, 3.8) is 0 Å². The molecule has 0 bridgehead atoms. The number of carboxylic acids is 1. The van der Waals surface area contributed by atoms with E-state index in [9.17, 15) is 69.0 Å². The van der Waals surface area contributed by atoms with Gasteiger partial charge in [-0.05, 0) is 73.9 Å². The van der Waals surface area contributed by atoms with E-state index in [1.807, 2.05) is 0 Å². The van der Waals surface area contributed by atoms with Gasteiger partial charge in [0, 0.05) is 51.4 Å². The molecule has 8 N–H and O–H groups in total. The van der Waals surface area contributed by atoms with Crippen molar-refractivity contribution >= 4 is 47.6 Å². The Balaban J connectivity index is 0.00000141. The fourth-order valence-corrected chi connectivity index (χ4v) is 8.52. The molecule has 0 saturated carbocycles. The van der Waals surface area contributed by atoms with Gasteiger partial charge >= 0.3 is 35.8 Å². The highest BCUT2D eigenvalue weighted by Gasteiger charge is 2.27. The van der Waals surface area contributed by atoms with Crippen LogP contribution in [0.4, 0.5) is 0 Å². The van der Waals surface area contributed by atoms with E-state index in [1.54, 1.807) is 0 Å². The SMILES string of the molecule is CCCCCCC(=O)N[C@@H](Cc1ccc(O)c(O)c1)C(=O)O.CCCCCCC(=O)N[C@@H](Cc1ccc(O)c(O)c1)C(=O)OCC(COC(=O)CCCCCC)OC(=O)CCCCCC.CCCCCCC(=O)OCC(CO)OC(=O)CCCCCC. The molecule has 21 nitrogen and oxygen atoms in total. The number of aliphatic hydroxyl groups excluding tert-OH is 1. The molecule has 4 atom stereocenters. The van der Waals surface area contributed by atoms with E-state index in [0.29, 0.717) is 49.7 Å². The fraction of sp³-hybridized carbons (Fsp3) is 0.697. The average molecular weight is 1230 g/mol. The van der Waals surface area contributed by atoms with Crippen LogP contribution in [-0.2, 0) is 74.9 Å². The number of aromatic hydroxyl groups is 4. The standard InChI is InChI=1S/C33H53NO9.C17H32O5.C16H23NO5/c1-4-7-10-13-16-30(37)34-27(21-25-19-20-28(35)29(36)22-25)33(40)42-24-26(43-32(39)18-15-12-9-6-3)23-41-31(38)17-14-11-8-5-2;1-3-5-7-9-11-16(19)21-14-15(13-18)22-17(20)12-10-8-6-4-2;1-2-3-4-5-6-15(20)17-12(16(21)22)9-11-7-8-13(18)14(19)10-11/h19-20,22,26-27,35-36H,4-18,21,23-24H2,1-3H3,(H,34,37);15,18H,3-14H2,1-2H3;7-8,10,12,18-19H,2-6,9H2,1H3,(H,17,20)(H,21,22)/t26?,27-;;12-/m0.0/s1. The van der Waals surface area contributed by atoms with Gasteiger partial charge < -0.3 is 65.0 Å². The van der Waals surface area contributed by atoms with Crippen LogP contribution in [0.25, 0.3) is 0 Å². The molecule has 0 saturated heterocycles. The molecule has 2 rings (SSSR count). The van der Waals surface area contributed by atoms with E-state index >= 15 is 0 Å². The molecule has 2 unspecified atom stereocenters. The summed E-state index contributed by atoms with van der Waals surface area (Å²) in [6.45, 7) is 11.5. The first-order chi connectivity index (χ1) is 41.8. The minimum atomic E-state index is -1.13. The zero-order valence-electron chi connectivity index (χ0n) is 53.2. The number of amides is 2. The first-order valence-corrected chi connectivity index (χ1v) is 32.1. The molecule has 2 aromatic rings. The fourth-order valence-electron chi connectivity index (χ4n) is 8.52. The minimum Gasteiger partial charge on any atom is -0.504 e. The molecule has 0 fully saturated rings. The number of aliphatic carboxylic acids is 1. The number of ether oxygens (including phenoxy) is 5. The van der Waals surface area contributed by atoms with Crippen molar-refractivity contribution in [2.24, 2.45) is 0 Å². The van der Waals surface area contributed by atoms with Gasteiger partial charge in [-0.25, -0.2) is 9.59 Å². The van der Waals surface area contributed by atoms with Gasteiger partial charge in [-0.1, -0.05) is 169 Å². The summed E-state index contributed by atoms with van der Waals surface area (Å²) in [6, 6.07) is 6.09. The van der Waals surface area contributed by atoms with Crippen LogP contribution >= 0.6 is 0 Å². The van der Waals surface area contributed by atoms with Gasteiger partial charge in [0.1, 0.15) is 31.9 Å². The summed E-state index contributed by atoms with van der Waals surface area (Å²) in [4.78, 5) is 96.6. The first kappa shape index (κ1) is 80.4. The van der Waals surface area contributed by atoms with Crippen molar-refractivity contribution in [3.05, 3.63) is 47.5 Å². The third-order valence-corrected chi connectivity index (χ3v) is 13.7. The molecule has 0 radical (unpaired) electrons. The number of nitrogens with one attached hydrogen (secondary N) is 2. The number of aliphatic hydroxyl groups is 1. The van der Waals surface area contributed by atoms with Crippen LogP contribution in [0, 0.1) is 0 Å². The predicted molar refractivity (Wildman–Crippen MR) is 331 cm³/mol. The van der Waals surface area contributed by atoms with Crippen molar-refractivity contribution < 1.29 is 92.7 Å². The number of carbonyl (C=O) groups is 8. The number of hydrogen-bond donors (Lipinski definition) is 8. The second kappa shape index (κ2) is 52.5. The molecule has 87 heavy (non-hydrogen) atoms. The van der Waals surface area contributed by atoms with Crippen LogP contribution in [0.2, 0.25) is 0 Å². The number of phenols is 4. The third kappa shape index (κ3) is 43.6. The van der Waals surface area contributed by atoms with Crippen molar-refractivity contribution in [2.45, 2.75) is 271 Å². The summed E-state index contributed by atoms with van der Waals surface area (Å²) in [5, 5.41) is 61.8. The summed E-state index contributed by atoms with van der Waals surface area (Å²) in [5.41, 5.74) is 1.02. The topological polar surface area (TPSA) is 328 Å². The number of carboxylic acid groups (broad SMARTS) is 1. The molecule has 0 heterocycles. The number of phenolic OH excluding ortho intramolecular Hbond substituents is 4. The number of esters is 5. The van der Waals surface area contributed by atoms with Crippen LogP contribution in [0.5, 0.6) is 23.0 Å². The molecule has 0 aliphatic carbocycles. The number of hydrogen-bond acceptors (Lipinski definition) is 18. The highest BCUT2D eigenvalue weighted by atomic mass is 16.6. The van der Waals surface area contributed by atoms with Crippen LogP contribution in [0.3, 0.4) is 0 Å². The zero-order chi connectivity index (χ0) is 65.0. The number of carbonyl (C=O) groups excluding carboxylic acids is 7. The predicted octanol–water partition coefficient (Wildman–Crippen LogP) is 11.6. The molecular weight excluding hydrogens is 1120 g/mol. The lowest BCUT2D eigenvalue weighted by molar-refractivity contribution is -0.167. The van der Waals surface area contributed by atoms with Crippen molar-refractivity contribution in [3.8, 4) is 23.0 Å². The van der Waals surface area contributed by atoms with E-state index in [1.165, 1.54) is 36.4 Å². The molecule has 0 aromatic heterocycles. The van der Waals surface area contributed by atoms with Gasteiger partial charge in [-0.15, -0.1) is 0 Å². The Kier molecular flexibility index (Phi) is 48.5. The third-order valence-electron chi connectivity index (χ3n) is 13.7. The lowest BCUT2D eigenvalue weighted by Crippen LogP contribution is -2.44. The maximum absolute atomic E-state index is 13.2. The highest BCUT2D eigenvalue weighted by Crippen LogP contribution is 2.27. The van der Waals surface area contributed by atoms with Crippen LogP contribution < -0.4 is 10.6 Å². The lowest BCUT2D eigenvalue weighted by Gasteiger charge is -2.21. The molecule has 2 amide bonds. The average Bonchev–Trinajstić information content (AvgIpc) is 3.66. The Bertz CT molecular complexity index is 2220. The van der Waals surface area contributed by atoms with Gasteiger partial charge in [0.2, 0.25) is 11.8 Å². The van der Waals surface area contributed by atoms with E-state index in [4.69, 9.17) is 23.7 Å². The molecule has 496 valence electrons. The second-order valence-corrected chi connectivity index (χ2v) is 21.9. The molecular formula is C66H108N2O19. The Morgan fingerprint density at radius 2 is 0.713 bits per heavy atom. The largest absolute Gasteiger partial charge is 0.504 e. The number of unbranched alkanes of at least 4 members (excludes halogenated alkanes) is 18. The summed E-state index contributed by atoms with van der Waals surface area (Å²) >= 11 is 0. The smallest absolute Gasteiger partial charge is 0.329 e. The number of benzene rings is 2. The molecule has 0 spiro atoms. The van der Waals surface area contributed by atoms with Crippen molar-refractivity contribution in [2.75, 3.05) is 26.4 Å². The molecule has 0 aliphatic heterocycles.